The number of benzene rings is 2. The van der Waals surface area contributed by atoms with Gasteiger partial charge in [-0.15, -0.1) is 0 Å². The van der Waals surface area contributed by atoms with Crippen molar-refractivity contribution in [2.24, 2.45) is 0 Å². The number of sulfonamides is 1. The third kappa shape index (κ3) is 5.29. The van der Waals surface area contributed by atoms with E-state index in [1.54, 1.807) is 12.1 Å². The van der Waals surface area contributed by atoms with Crippen LogP contribution in [0.1, 0.15) is 11.1 Å². The van der Waals surface area contributed by atoms with Gasteiger partial charge in [-0.25, -0.2) is 13.1 Å². The van der Waals surface area contributed by atoms with Crippen LogP contribution in [0.3, 0.4) is 0 Å². The van der Waals surface area contributed by atoms with E-state index in [0.717, 1.165) is 17.7 Å². The summed E-state index contributed by atoms with van der Waals surface area (Å²) in [6.45, 7) is 0.221. The summed E-state index contributed by atoms with van der Waals surface area (Å²) in [4.78, 5) is 9.99. The molecule has 0 spiro atoms. The van der Waals surface area contributed by atoms with Crippen molar-refractivity contribution < 1.29 is 13.3 Å². The Morgan fingerprint density at radius 2 is 1.84 bits per heavy atom. The highest BCUT2D eigenvalue weighted by Crippen LogP contribution is 2.17. The Labute approximate surface area is 149 Å². The minimum absolute atomic E-state index is 0.0158. The van der Waals surface area contributed by atoms with Crippen molar-refractivity contribution in [3.63, 3.8) is 0 Å². The molecule has 0 unspecified atom stereocenters. The van der Waals surface area contributed by atoms with E-state index in [0.29, 0.717) is 17.1 Å². The Morgan fingerprint density at radius 1 is 1.16 bits per heavy atom. The molecule has 0 fully saturated rings. The number of nitro groups is 1. The van der Waals surface area contributed by atoms with Gasteiger partial charge in [0.2, 0.25) is 10.0 Å². The van der Waals surface area contributed by atoms with Crippen molar-refractivity contribution in [3.05, 3.63) is 69.8 Å². The summed E-state index contributed by atoms with van der Waals surface area (Å²) in [7, 11) is -3.70. The highest BCUT2D eigenvalue weighted by atomic mass is 32.2. The molecule has 0 aromatic heterocycles. The fraction of sp³-hybridized carbons (Fsp3) is 0.188. The Bertz CT molecular complexity index is 890. The summed E-state index contributed by atoms with van der Waals surface area (Å²) in [6.07, 6.45) is 0. The molecule has 2 aromatic carbocycles. The van der Waals surface area contributed by atoms with Crippen molar-refractivity contribution in [1.29, 1.82) is 5.26 Å². The van der Waals surface area contributed by atoms with E-state index in [1.165, 1.54) is 23.9 Å². The fourth-order valence-electron chi connectivity index (χ4n) is 2.02. The molecule has 25 heavy (non-hydrogen) atoms. The number of nitriles is 1. The number of non-ortho nitro benzene ring substituents is 1. The topological polar surface area (TPSA) is 113 Å². The second-order valence-electron chi connectivity index (χ2n) is 4.97. The predicted molar refractivity (Wildman–Crippen MR) is 95.6 cm³/mol. The second-order valence-corrected chi connectivity index (χ2v) is 7.84. The average Bonchev–Trinajstić information content (AvgIpc) is 2.61. The Morgan fingerprint density at radius 3 is 2.48 bits per heavy atom. The summed E-state index contributed by atoms with van der Waals surface area (Å²) in [5, 5.41) is 19.6. The molecular formula is C16H15N3O4S2. The molecule has 0 radical (unpaired) electrons. The molecule has 1 N–H and O–H groups in total. The molecular weight excluding hydrogens is 362 g/mol. The number of hydrogen-bond donors (Lipinski definition) is 1. The molecule has 0 aliphatic heterocycles. The molecule has 2 rings (SSSR count). The quantitative estimate of drug-likeness (QED) is 0.430. The summed E-state index contributed by atoms with van der Waals surface area (Å²) in [5.74, 6) is 1.15. The van der Waals surface area contributed by atoms with Crippen molar-refractivity contribution in [2.75, 3.05) is 12.3 Å². The lowest BCUT2D eigenvalue weighted by atomic mass is 10.1. The summed E-state index contributed by atoms with van der Waals surface area (Å²) >= 11 is 1.51. The van der Waals surface area contributed by atoms with Gasteiger partial charge in [-0.05, 0) is 23.8 Å². The minimum Gasteiger partial charge on any atom is -0.258 e. The first-order valence-electron chi connectivity index (χ1n) is 7.24. The van der Waals surface area contributed by atoms with Crippen LogP contribution in [-0.4, -0.2) is 25.6 Å². The standard InChI is InChI=1S/C16H15N3O4S2/c17-11-13-3-1-2-4-14(13)12-24-10-9-18-25(22,23)16-7-5-15(6-8-16)19(20)21/h1-8,18H,9-10,12H2. The molecule has 0 aliphatic rings. The van der Waals surface area contributed by atoms with Crippen LogP contribution >= 0.6 is 11.8 Å². The zero-order valence-electron chi connectivity index (χ0n) is 13.1. The number of thioether (sulfide) groups is 1. The largest absolute Gasteiger partial charge is 0.269 e. The third-order valence-electron chi connectivity index (χ3n) is 3.29. The zero-order chi connectivity index (χ0) is 18.3. The van der Waals surface area contributed by atoms with Gasteiger partial charge < -0.3 is 0 Å². The van der Waals surface area contributed by atoms with Crippen molar-refractivity contribution >= 4 is 27.5 Å². The van der Waals surface area contributed by atoms with Crippen LogP contribution in [0.2, 0.25) is 0 Å². The third-order valence-corrected chi connectivity index (χ3v) is 5.78. The van der Waals surface area contributed by atoms with Crippen LogP contribution in [0.15, 0.2) is 53.4 Å². The molecule has 0 saturated heterocycles. The van der Waals surface area contributed by atoms with Gasteiger partial charge in [0.15, 0.2) is 0 Å². The van der Waals surface area contributed by atoms with Crippen LogP contribution in [0, 0.1) is 21.4 Å². The number of nitrogens with zero attached hydrogens (tertiary/aromatic N) is 2. The van der Waals surface area contributed by atoms with Gasteiger partial charge in [0.1, 0.15) is 0 Å². The lowest BCUT2D eigenvalue weighted by Gasteiger charge is -2.07. The van der Waals surface area contributed by atoms with Crippen molar-refractivity contribution in [1.82, 2.24) is 4.72 Å². The summed E-state index contributed by atoms with van der Waals surface area (Å²) in [6, 6.07) is 14.1. The monoisotopic (exact) mass is 377 g/mol. The van der Waals surface area contributed by atoms with Crippen LogP contribution in [0.25, 0.3) is 0 Å². The van der Waals surface area contributed by atoms with E-state index in [9.17, 15) is 18.5 Å². The number of nitrogens with one attached hydrogen (secondary N) is 1. The average molecular weight is 377 g/mol. The van der Waals surface area contributed by atoms with E-state index in [-0.39, 0.29) is 17.1 Å². The van der Waals surface area contributed by atoms with E-state index < -0.39 is 14.9 Å². The maximum atomic E-state index is 12.1. The van der Waals surface area contributed by atoms with Gasteiger partial charge >= 0.3 is 0 Å². The zero-order valence-corrected chi connectivity index (χ0v) is 14.7. The van der Waals surface area contributed by atoms with Gasteiger partial charge in [-0.3, -0.25) is 10.1 Å². The maximum absolute atomic E-state index is 12.1. The molecule has 2 aromatic rings. The highest BCUT2D eigenvalue weighted by molar-refractivity contribution is 7.98. The molecule has 0 bridgehead atoms. The van der Waals surface area contributed by atoms with E-state index in [4.69, 9.17) is 5.26 Å². The first-order chi connectivity index (χ1) is 11.9. The molecule has 0 heterocycles. The van der Waals surface area contributed by atoms with Gasteiger partial charge in [0, 0.05) is 30.2 Å². The Balaban J connectivity index is 1.84. The Kier molecular flexibility index (Phi) is 6.52. The normalized spacial score (nSPS) is 11.0. The van der Waals surface area contributed by atoms with Gasteiger partial charge in [0.25, 0.3) is 5.69 Å². The van der Waals surface area contributed by atoms with Crippen LogP contribution < -0.4 is 4.72 Å². The van der Waals surface area contributed by atoms with Crippen molar-refractivity contribution in [2.45, 2.75) is 10.6 Å². The van der Waals surface area contributed by atoms with Crippen LogP contribution in [0.5, 0.6) is 0 Å². The first-order valence-corrected chi connectivity index (χ1v) is 9.87. The van der Waals surface area contributed by atoms with E-state index in [1.807, 2.05) is 12.1 Å². The first kappa shape index (κ1) is 18.9. The van der Waals surface area contributed by atoms with Crippen LogP contribution in [0.4, 0.5) is 5.69 Å². The molecule has 130 valence electrons. The summed E-state index contributed by atoms with van der Waals surface area (Å²) in [5.41, 5.74) is 1.36. The van der Waals surface area contributed by atoms with Gasteiger partial charge in [-0.2, -0.15) is 17.0 Å². The molecule has 9 heteroatoms. The smallest absolute Gasteiger partial charge is 0.258 e. The van der Waals surface area contributed by atoms with Crippen molar-refractivity contribution in [3.8, 4) is 6.07 Å². The highest BCUT2D eigenvalue weighted by Gasteiger charge is 2.15. The molecule has 0 aliphatic carbocycles. The lowest BCUT2D eigenvalue weighted by molar-refractivity contribution is -0.384. The molecule has 0 atom stereocenters. The molecule has 7 nitrogen and oxygen atoms in total. The van der Waals surface area contributed by atoms with Gasteiger partial charge in [0.05, 0.1) is 21.5 Å². The Hall–Kier alpha value is -2.41. The number of nitro benzene ring substituents is 1. The summed E-state index contributed by atoms with van der Waals surface area (Å²) < 4.78 is 26.7. The molecule has 0 amide bonds. The minimum atomic E-state index is -3.70. The second kappa shape index (κ2) is 8.62. The number of hydrogen-bond acceptors (Lipinski definition) is 6. The van der Waals surface area contributed by atoms with E-state index in [2.05, 4.69) is 10.8 Å². The van der Waals surface area contributed by atoms with Crippen LogP contribution in [-0.2, 0) is 15.8 Å². The maximum Gasteiger partial charge on any atom is 0.269 e. The van der Waals surface area contributed by atoms with Gasteiger partial charge in [-0.1, -0.05) is 18.2 Å². The lowest BCUT2D eigenvalue weighted by Crippen LogP contribution is -2.26. The number of rotatable bonds is 8. The van der Waals surface area contributed by atoms with E-state index >= 15 is 0 Å². The predicted octanol–water partition coefficient (Wildman–Crippen LogP) is 2.68. The SMILES string of the molecule is N#Cc1ccccc1CSCCNS(=O)(=O)c1ccc([N+](=O)[O-])cc1. The molecule has 0 saturated carbocycles. The fourth-order valence-corrected chi connectivity index (χ4v) is 4.04.